The molecule has 0 amide bonds. The van der Waals surface area contributed by atoms with Crippen molar-refractivity contribution in [3.8, 4) is 0 Å². The van der Waals surface area contributed by atoms with Crippen molar-refractivity contribution in [2.24, 2.45) is 0 Å². The topological polar surface area (TPSA) is 26.0 Å². The summed E-state index contributed by atoms with van der Waals surface area (Å²) in [5, 5.41) is 0. The summed E-state index contributed by atoms with van der Waals surface area (Å²) in [6.07, 6.45) is 4.87. The van der Waals surface area contributed by atoms with Crippen LogP contribution >= 0.6 is 0 Å². The van der Waals surface area contributed by atoms with Crippen molar-refractivity contribution in [1.82, 2.24) is 4.98 Å². The molecule has 2 nitrogen and oxygen atoms in total. The number of aromatic nitrogens is 1. The van der Waals surface area contributed by atoms with Gasteiger partial charge in [0.2, 0.25) is 0 Å². The number of hydrogen-bond acceptors (Lipinski definition) is 2. The second kappa shape index (κ2) is 4.22. The van der Waals surface area contributed by atoms with Crippen LogP contribution in [0.15, 0.2) is 10.7 Å². The summed E-state index contributed by atoms with van der Waals surface area (Å²) in [4.78, 5) is 3.74. The van der Waals surface area contributed by atoms with Crippen molar-refractivity contribution in [2.45, 2.75) is 13.3 Å². The molecule has 0 bridgehead atoms. The third-order valence-electron chi connectivity index (χ3n) is 0.739. The summed E-state index contributed by atoms with van der Waals surface area (Å²) in [6.45, 7) is 1.99. The number of nitrogens with zero attached hydrogens (tertiary/aromatic N) is 1. The van der Waals surface area contributed by atoms with E-state index in [1.165, 1.54) is 6.26 Å². The molecule has 0 saturated heterocycles. The van der Waals surface area contributed by atoms with Gasteiger partial charge < -0.3 is 9.40 Å². The quantitative estimate of drug-likeness (QED) is 0.610. The maximum Gasteiger partial charge on any atom is 0.0347 e. The Morgan fingerprint density at radius 1 is 1.88 bits per heavy atom. The summed E-state index contributed by atoms with van der Waals surface area (Å²) in [5.74, 6) is 0.750. The Labute approximate surface area is 73.6 Å². The van der Waals surface area contributed by atoms with Gasteiger partial charge in [-0.25, -0.2) is 0 Å². The molecule has 0 spiro atoms. The molecule has 8 heavy (non-hydrogen) atoms. The van der Waals surface area contributed by atoms with E-state index in [0.29, 0.717) is 0 Å². The van der Waals surface area contributed by atoms with Crippen LogP contribution in [0.3, 0.4) is 0 Å². The molecule has 0 fully saturated rings. The molecule has 1 aromatic heterocycles. The van der Waals surface area contributed by atoms with Crippen LogP contribution in [0.1, 0.15) is 12.8 Å². The zero-order valence-electron chi connectivity index (χ0n) is 4.72. The van der Waals surface area contributed by atoms with Gasteiger partial charge in [-0.05, 0) is 12.7 Å². The Balaban J connectivity index is 0.000000490. The van der Waals surface area contributed by atoms with Gasteiger partial charge in [0.25, 0.3) is 0 Å². The van der Waals surface area contributed by atoms with E-state index in [-0.39, 0.29) is 32.7 Å². The third-order valence-corrected chi connectivity index (χ3v) is 0.739. The van der Waals surface area contributed by atoms with E-state index in [1.807, 2.05) is 6.92 Å². The van der Waals surface area contributed by atoms with E-state index < -0.39 is 0 Å². The number of oxazole rings is 1. The summed E-state index contributed by atoms with van der Waals surface area (Å²) in [7, 11) is 0. The van der Waals surface area contributed by atoms with Crippen molar-refractivity contribution in [2.75, 3.05) is 0 Å². The molecule has 0 aliphatic heterocycles. The van der Waals surface area contributed by atoms with Crippen LogP contribution in [0, 0.1) is 6.20 Å². The van der Waals surface area contributed by atoms with E-state index in [9.17, 15) is 0 Å². The zero-order chi connectivity index (χ0) is 5.11. The Bertz CT molecular complexity index is 127. The minimum absolute atomic E-state index is 0. The molecular formula is C5H6NOY-. The smallest absolute Gasteiger partial charge is 0.0347 e. The fourth-order valence-electron chi connectivity index (χ4n) is 0.381. The van der Waals surface area contributed by atoms with Gasteiger partial charge in [0, 0.05) is 38.6 Å². The van der Waals surface area contributed by atoms with Gasteiger partial charge >= 0.3 is 0 Å². The Morgan fingerprint density at radius 3 is 2.88 bits per heavy atom. The number of rotatable bonds is 1. The van der Waals surface area contributed by atoms with E-state index in [2.05, 4.69) is 11.2 Å². The predicted molar refractivity (Wildman–Crippen MR) is 24.7 cm³/mol. The molecular weight excluding hydrogens is 179 g/mol. The van der Waals surface area contributed by atoms with Crippen LogP contribution in [0.25, 0.3) is 0 Å². The standard InChI is InChI=1S/C5H6NO.Y/c1-2-5-6-3-4-7-5;/h4H,2H2,1H3;/q-1;. The van der Waals surface area contributed by atoms with E-state index in [1.54, 1.807) is 0 Å². The van der Waals surface area contributed by atoms with Gasteiger partial charge in [-0.15, -0.1) is 6.20 Å². The van der Waals surface area contributed by atoms with Gasteiger partial charge in [-0.2, -0.15) is 0 Å². The first-order chi connectivity index (χ1) is 3.43. The SMILES string of the molecule is CCc1n[c-]co1.[Y]. The van der Waals surface area contributed by atoms with Gasteiger partial charge in [0.05, 0.1) is 0 Å². The van der Waals surface area contributed by atoms with Crippen molar-refractivity contribution < 1.29 is 37.1 Å². The molecule has 0 aromatic carbocycles. The molecule has 0 atom stereocenters. The molecule has 41 valence electrons. The molecule has 3 heteroatoms. The van der Waals surface area contributed by atoms with Crippen LogP contribution < -0.4 is 0 Å². The second-order valence-corrected chi connectivity index (χ2v) is 1.22. The van der Waals surface area contributed by atoms with Crippen molar-refractivity contribution >= 4 is 0 Å². The minimum atomic E-state index is 0. The summed E-state index contributed by atoms with van der Waals surface area (Å²) < 4.78 is 4.82. The van der Waals surface area contributed by atoms with E-state index >= 15 is 0 Å². The largest absolute Gasteiger partial charge is 0.554 e. The monoisotopic (exact) mass is 185 g/mol. The zero-order valence-corrected chi connectivity index (χ0v) is 7.56. The van der Waals surface area contributed by atoms with Gasteiger partial charge in [0.15, 0.2) is 0 Å². The van der Waals surface area contributed by atoms with Crippen LogP contribution in [0.2, 0.25) is 0 Å². The third kappa shape index (κ3) is 2.06. The van der Waals surface area contributed by atoms with E-state index in [4.69, 9.17) is 4.42 Å². The van der Waals surface area contributed by atoms with Crippen molar-refractivity contribution in [3.05, 3.63) is 18.4 Å². The Kier molecular flexibility index (Phi) is 4.38. The second-order valence-electron chi connectivity index (χ2n) is 1.22. The molecule has 0 aliphatic rings. The fraction of sp³-hybridized carbons (Fsp3) is 0.400. The molecule has 1 rings (SSSR count). The predicted octanol–water partition coefficient (Wildman–Crippen LogP) is 1.03. The normalized spacial score (nSPS) is 8.12. The fourth-order valence-corrected chi connectivity index (χ4v) is 0.381. The van der Waals surface area contributed by atoms with Crippen LogP contribution in [-0.4, -0.2) is 4.98 Å². The Hall–Kier alpha value is 0.314. The van der Waals surface area contributed by atoms with E-state index in [0.717, 1.165) is 12.3 Å². The molecule has 0 N–H and O–H groups in total. The molecule has 0 saturated carbocycles. The summed E-state index contributed by atoms with van der Waals surface area (Å²) in [5.41, 5.74) is 0. The van der Waals surface area contributed by atoms with Gasteiger partial charge in [0.1, 0.15) is 0 Å². The molecule has 1 radical (unpaired) electrons. The number of hydrogen-bond donors (Lipinski definition) is 0. The van der Waals surface area contributed by atoms with Crippen LogP contribution in [0.5, 0.6) is 0 Å². The summed E-state index contributed by atoms with van der Waals surface area (Å²) in [6, 6.07) is 0. The molecule has 1 heterocycles. The van der Waals surface area contributed by atoms with Crippen molar-refractivity contribution in [1.29, 1.82) is 0 Å². The average Bonchev–Trinajstić information content (AvgIpc) is 2.14. The maximum absolute atomic E-state index is 4.82. The molecule has 0 aliphatic carbocycles. The Morgan fingerprint density at radius 2 is 2.62 bits per heavy atom. The van der Waals surface area contributed by atoms with Crippen molar-refractivity contribution in [3.63, 3.8) is 0 Å². The number of aryl methyl sites for hydroxylation is 1. The first-order valence-electron chi connectivity index (χ1n) is 2.24. The average molecular weight is 185 g/mol. The molecule has 1 aromatic rings. The van der Waals surface area contributed by atoms with Gasteiger partial charge in [-0.1, -0.05) is 6.92 Å². The minimum Gasteiger partial charge on any atom is -0.554 e. The first-order valence-corrected chi connectivity index (χ1v) is 2.24. The van der Waals surface area contributed by atoms with Gasteiger partial charge in [-0.3, -0.25) is 0 Å². The molecule has 0 unspecified atom stereocenters. The maximum atomic E-state index is 4.82. The summed E-state index contributed by atoms with van der Waals surface area (Å²) >= 11 is 0. The van der Waals surface area contributed by atoms with Crippen LogP contribution in [-0.2, 0) is 39.1 Å². The first kappa shape index (κ1) is 8.31. The van der Waals surface area contributed by atoms with Crippen LogP contribution in [0.4, 0.5) is 0 Å².